The molecule has 1 aromatic heterocycles. The van der Waals surface area contributed by atoms with E-state index in [0.29, 0.717) is 5.95 Å². The molecule has 0 unspecified atom stereocenters. The number of nitrogens with zero attached hydrogens (tertiary/aromatic N) is 2. The van der Waals surface area contributed by atoms with Crippen molar-refractivity contribution in [1.82, 2.24) is 15.3 Å². The number of hydrogen-bond acceptors (Lipinski definition) is 5. The number of nitrogen functional groups attached to an aromatic ring is 1. The van der Waals surface area contributed by atoms with E-state index in [4.69, 9.17) is 5.73 Å². The molecule has 0 bridgehead atoms. The van der Waals surface area contributed by atoms with Crippen LogP contribution < -0.4 is 16.4 Å². The van der Waals surface area contributed by atoms with Gasteiger partial charge < -0.3 is 16.4 Å². The smallest absolute Gasteiger partial charge is 0.222 e. The van der Waals surface area contributed by atoms with Crippen LogP contribution >= 0.6 is 0 Å². The van der Waals surface area contributed by atoms with Crippen molar-refractivity contribution in [2.75, 3.05) is 30.7 Å². The Labute approximate surface area is 89.5 Å². The van der Waals surface area contributed by atoms with Crippen molar-refractivity contribution in [3.8, 4) is 0 Å². The van der Waals surface area contributed by atoms with Crippen LogP contribution in [0.5, 0.6) is 0 Å². The Morgan fingerprint density at radius 2 is 2.13 bits per heavy atom. The molecule has 0 atom stereocenters. The van der Waals surface area contributed by atoms with Gasteiger partial charge in [0.15, 0.2) is 0 Å². The quantitative estimate of drug-likeness (QED) is 0.645. The average Bonchev–Trinajstić information content (AvgIpc) is 2.43. The number of nitrogens with two attached hydrogens (primary N) is 1. The molecule has 5 heteroatoms. The third-order valence-corrected chi connectivity index (χ3v) is 2.54. The molecule has 1 aromatic rings. The minimum atomic E-state index is 0.367. The van der Waals surface area contributed by atoms with Crippen molar-refractivity contribution in [3.63, 3.8) is 0 Å². The normalized spacial score (nSPS) is 15.5. The first-order valence-corrected chi connectivity index (χ1v) is 5.41. The van der Waals surface area contributed by atoms with Gasteiger partial charge in [-0.3, -0.25) is 0 Å². The molecular formula is C10H17N5. The number of rotatable bonds is 2. The Morgan fingerprint density at radius 3 is 2.93 bits per heavy atom. The van der Waals surface area contributed by atoms with E-state index >= 15 is 0 Å². The standard InChI is InChI=1S/C10H17N5/c1-2-13-9-7-3-5-12-6-4-8(7)14-10(11)15-9/h12H,2-6H2,1H3,(H3,11,13,14,15). The molecule has 15 heavy (non-hydrogen) atoms. The van der Waals surface area contributed by atoms with Gasteiger partial charge in [0.1, 0.15) is 5.82 Å². The van der Waals surface area contributed by atoms with Crippen LogP contribution in [0, 0.1) is 0 Å². The van der Waals surface area contributed by atoms with Crippen LogP contribution in [-0.2, 0) is 12.8 Å². The molecule has 0 spiro atoms. The Bertz CT molecular complexity index is 350. The van der Waals surface area contributed by atoms with Crippen molar-refractivity contribution < 1.29 is 0 Å². The second-order valence-electron chi connectivity index (χ2n) is 3.64. The minimum Gasteiger partial charge on any atom is -0.370 e. The summed E-state index contributed by atoms with van der Waals surface area (Å²) in [4.78, 5) is 8.55. The topological polar surface area (TPSA) is 75.9 Å². The molecule has 0 amide bonds. The summed E-state index contributed by atoms with van der Waals surface area (Å²) >= 11 is 0. The summed E-state index contributed by atoms with van der Waals surface area (Å²) < 4.78 is 0. The largest absolute Gasteiger partial charge is 0.370 e. The summed E-state index contributed by atoms with van der Waals surface area (Å²) in [5, 5.41) is 6.59. The SMILES string of the molecule is CCNc1nc(N)nc2c1CCNCC2. The molecular weight excluding hydrogens is 190 g/mol. The van der Waals surface area contributed by atoms with Gasteiger partial charge in [0.05, 0.1) is 5.69 Å². The summed E-state index contributed by atoms with van der Waals surface area (Å²) in [6.45, 7) is 4.86. The monoisotopic (exact) mass is 207 g/mol. The van der Waals surface area contributed by atoms with E-state index in [1.54, 1.807) is 0 Å². The lowest BCUT2D eigenvalue weighted by atomic mass is 10.1. The Kier molecular flexibility index (Phi) is 3.01. The fourth-order valence-electron chi connectivity index (χ4n) is 1.88. The number of nitrogens with one attached hydrogen (secondary N) is 2. The van der Waals surface area contributed by atoms with Gasteiger partial charge in [0.2, 0.25) is 5.95 Å². The van der Waals surface area contributed by atoms with Gasteiger partial charge in [-0.05, 0) is 19.9 Å². The number of aromatic nitrogens is 2. The first-order valence-electron chi connectivity index (χ1n) is 5.41. The highest BCUT2D eigenvalue weighted by Crippen LogP contribution is 2.19. The Morgan fingerprint density at radius 1 is 1.33 bits per heavy atom. The van der Waals surface area contributed by atoms with Gasteiger partial charge in [-0.2, -0.15) is 4.98 Å². The van der Waals surface area contributed by atoms with Gasteiger partial charge in [-0.1, -0.05) is 0 Å². The summed E-state index contributed by atoms with van der Waals surface area (Å²) in [6, 6.07) is 0. The maximum Gasteiger partial charge on any atom is 0.222 e. The lowest BCUT2D eigenvalue weighted by Crippen LogP contribution is -2.16. The molecule has 0 aromatic carbocycles. The van der Waals surface area contributed by atoms with Crippen LogP contribution in [0.4, 0.5) is 11.8 Å². The van der Waals surface area contributed by atoms with E-state index in [2.05, 4.69) is 27.5 Å². The van der Waals surface area contributed by atoms with Gasteiger partial charge in [-0.25, -0.2) is 4.98 Å². The summed E-state index contributed by atoms with van der Waals surface area (Å²) in [5.41, 5.74) is 7.99. The summed E-state index contributed by atoms with van der Waals surface area (Å²) in [6.07, 6.45) is 1.90. The van der Waals surface area contributed by atoms with Crippen molar-refractivity contribution in [2.45, 2.75) is 19.8 Å². The fourth-order valence-corrected chi connectivity index (χ4v) is 1.88. The van der Waals surface area contributed by atoms with E-state index in [0.717, 1.165) is 44.0 Å². The fraction of sp³-hybridized carbons (Fsp3) is 0.600. The Balaban J connectivity index is 2.40. The molecule has 0 aliphatic carbocycles. The Hall–Kier alpha value is -1.36. The number of anilines is 2. The maximum absolute atomic E-state index is 5.68. The van der Waals surface area contributed by atoms with Crippen LogP contribution in [0.25, 0.3) is 0 Å². The number of fused-ring (bicyclic) bond motifs is 1. The lowest BCUT2D eigenvalue weighted by molar-refractivity contribution is 0.708. The molecule has 0 saturated carbocycles. The maximum atomic E-state index is 5.68. The molecule has 2 rings (SSSR count). The van der Waals surface area contributed by atoms with Crippen LogP contribution in [0.2, 0.25) is 0 Å². The minimum absolute atomic E-state index is 0.367. The third-order valence-electron chi connectivity index (χ3n) is 2.54. The van der Waals surface area contributed by atoms with Gasteiger partial charge in [0.25, 0.3) is 0 Å². The van der Waals surface area contributed by atoms with Crippen molar-refractivity contribution in [2.24, 2.45) is 0 Å². The highest BCUT2D eigenvalue weighted by Gasteiger charge is 2.14. The molecule has 82 valence electrons. The first-order chi connectivity index (χ1) is 7.31. The zero-order valence-electron chi connectivity index (χ0n) is 9.01. The zero-order chi connectivity index (χ0) is 10.7. The van der Waals surface area contributed by atoms with Crippen LogP contribution in [0.1, 0.15) is 18.2 Å². The highest BCUT2D eigenvalue weighted by atomic mass is 15.1. The molecule has 0 fully saturated rings. The van der Waals surface area contributed by atoms with Gasteiger partial charge in [0, 0.05) is 25.1 Å². The van der Waals surface area contributed by atoms with E-state index in [9.17, 15) is 0 Å². The predicted octanol–water partition coefficient (Wildman–Crippen LogP) is 0.179. The second-order valence-corrected chi connectivity index (χ2v) is 3.64. The molecule has 5 nitrogen and oxygen atoms in total. The molecule has 1 aliphatic rings. The predicted molar refractivity (Wildman–Crippen MR) is 60.9 cm³/mol. The van der Waals surface area contributed by atoms with E-state index in [1.165, 1.54) is 5.56 Å². The van der Waals surface area contributed by atoms with Crippen LogP contribution in [0.15, 0.2) is 0 Å². The zero-order valence-corrected chi connectivity index (χ0v) is 9.01. The van der Waals surface area contributed by atoms with Crippen LogP contribution in [-0.4, -0.2) is 29.6 Å². The van der Waals surface area contributed by atoms with Crippen LogP contribution in [0.3, 0.4) is 0 Å². The van der Waals surface area contributed by atoms with Crippen molar-refractivity contribution >= 4 is 11.8 Å². The summed E-state index contributed by atoms with van der Waals surface area (Å²) in [5.74, 6) is 1.27. The highest BCUT2D eigenvalue weighted by molar-refractivity contribution is 5.50. The van der Waals surface area contributed by atoms with Crippen molar-refractivity contribution in [3.05, 3.63) is 11.3 Å². The first kappa shape index (κ1) is 10.2. The van der Waals surface area contributed by atoms with Gasteiger partial charge in [-0.15, -0.1) is 0 Å². The molecule has 1 aliphatic heterocycles. The average molecular weight is 207 g/mol. The molecule has 0 radical (unpaired) electrons. The van der Waals surface area contributed by atoms with E-state index < -0.39 is 0 Å². The molecule has 0 saturated heterocycles. The third kappa shape index (κ3) is 2.18. The van der Waals surface area contributed by atoms with E-state index in [-0.39, 0.29) is 0 Å². The van der Waals surface area contributed by atoms with E-state index in [1.807, 2.05) is 0 Å². The van der Waals surface area contributed by atoms with Crippen molar-refractivity contribution in [1.29, 1.82) is 0 Å². The summed E-state index contributed by atoms with van der Waals surface area (Å²) in [7, 11) is 0. The lowest BCUT2D eigenvalue weighted by Gasteiger charge is -2.11. The second kappa shape index (κ2) is 4.44. The van der Waals surface area contributed by atoms with Gasteiger partial charge >= 0.3 is 0 Å². The number of hydrogen-bond donors (Lipinski definition) is 3. The molecule has 4 N–H and O–H groups in total. The molecule has 2 heterocycles.